The molecule has 1 aliphatic rings. The molecule has 1 fully saturated rings. The lowest BCUT2D eigenvalue weighted by Gasteiger charge is -2.23. The number of halogens is 1. The van der Waals surface area contributed by atoms with Crippen LogP contribution in [0.4, 0.5) is 5.13 Å². The number of aromatic nitrogens is 2. The van der Waals surface area contributed by atoms with Crippen molar-refractivity contribution in [3.8, 4) is 21.6 Å². The zero-order chi connectivity index (χ0) is 17.2. The third-order valence-electron chi connectivity index (χ3n) is 4.46. The zero-order valence-corrected chi connectivity index (χ0v) is 15.0. The first-order valence-corrected chi connectivity index (χ1v) is 9.38. The number of hydrogen-bond donors (Lipinski definition) is 1. The van der Waals surface area contributed by atoms with Crippen LogP contribution in [0.3, 0.4) is 0 Å². The Bertz CT molecular complexity index is 920. The maximum atomic E-state index is 12.1. The molecule has 0 unspecified atom stereocenters. The highest BCUT2D eigenvalue weighted by Gasteiger charge is 2.26. The molecule has 0 radical (unpaired) electrons. The molecule has 1 aliphatic carbocycles. The molecule has 25 heavy (non-hydrogen) atoms. The predicted octanol–water partition coefficient (Wildman–Crippen LogP) is 5.26. The Balaban J connectivity index is 1.65. The summed E-state index contributed by atoms with van der Waals surface area (Å²) in [5.74, 6) is 0.222. The molecule has 4 nitrogen and oxygen atoms in total. The van der Waals surface area contributed by atoms with Crippen molar-refractivity contribution in [2.75, 3.05) is 5.32 Å². The number of anilines is 1. The quantitative estimate of drug-likeness (QED) is 0.682. The third kappa shape index (κ3) is 3.30. The predicted molar refractivity (Wildman–Crippen MR) is 102 cm³/mol. The lowest BCUT2D eigenvalue weighted by atomic mass is 9.85. The zero-order valence-electron chi connectivity index (χ0n) is 13.4. The van der Waals surface area contributed by atoms with Crippen molar-refractivity contribution in [1.29, 1.82) is 0 Å². The van der Waals surface area contributed by atoms with Gasteiger partial charge >= 0.3 is 0 Å². The summed E-state index contributed by atoms with van der Waals surface area (Å²) in [5, 5.41) is 4.24. The van der Waals surface area contributed by atoms with E-state index in [0.717, 1.165) is 40.8 Å². The van der Waals surface area contributed by atoms with Crippen molar-refractivity contribution in [2.24, 2.45) is 5.92 Å². The first-order chi connectivity index (χ1) is 12.2. The molecule has 0 saturated heterocycles. The molecule has 126 valence electrons. The normalized spacial score (nSPS) is 14.1. The smallest absolute Gasteiger partial charge is 0.229 e. The minimum atomic E-state index is 0.0770. The van der Waals surface area contributed by atoms with E-state index in [0.29, 0.717) is 10.2 Å². The second-order valence-electron chi connectivity index (χ2n) is 6.05. The van der Waals surface area contributed by atoms with Crippen LogP contribution in [0.25, 0.3) is 21.6 Å². The standard InChI is InChI=1S/C19H16ClN3OS/c20-16-7-2-1-6-13(16)15-10-21-9-8-14(15)17-11-22-19(25-17)23-18(24)12-4-3-5-12/h1-2,6-12H,3-5H2,(H,22,23,24). The summed E-state index contributed by atoms with van der Waals surface area (Å²) in [5.41, 5.74) is 2.89. The van der Waals surface area contributed by atoms with Gasteiger partial charge in [0, 0.05) is 46.2 Å². The van der Waals surface area contributed by atoms with E-state index in [-0.39, 0.29) is 11.8 Å². The SMILES string of the molecule is O=C(Nc1ncc(-c2ccncc2-c2ccccc2Cl)s1)C1CCC1. The van der Waals surface area contributed by atoms with Crippen LogP contribution in [0.15, 0.2) is 48.9 Å². The Hall–Kier alpha value is -2.24. The van der Waals surface area contributed by atoms with Crippen molar-refractivity contribution >= 4 is 34.0 Å². The van der Waals surface area contributed by atoms with Crippen LogP contribution >= 0.6 is 22.9 Å². The molecule has 2 aromatic heterocycles. The van der Waals surface area contributed by atoms with Gasteiger partial charge in [-0.25, -0.2) is 4.98 Å². The number of carbonyl (C=O) groups excluding carboxylic acids is 1. The summed E-state index contributed by atoms with van der Waals surface area (Å²) in [6.07, 6.45) is 8.44. The Labute approximate surface area is 154 Å². The number of pyridine rings is 1. The number of nitrogens with one attached hydrogen (secondary N) is 1. The van der Waals surface area contributed by atoms with E-state index in [9.17, 15) is 4.79 Å². The lowest BCUT2D eigenvalue weighted by Crippen LogP contribution is -2.27. The Morgan fingerprint density at radius 3 is 2.72 bits per heavy atom. The number of thiazole rings is 1. The maximum absolute atomic E-state index is 12.1. The molecule has 4 rings (SSSR count). The fraction of sp³-hybridized carbons (Fsp3) is 0.211. The van der Waals surface area contributed by atoms with Gasteiger partial charge in [-0.05, 0) is 25.0 Å². The molecule has 0 spiro atoms. The minimum Gasteiger partial charge on any atom is -0.302 e. The van der Waals surface area contributed by atoms with E-state index in [1.807, 2.05) is 36.5 Å². The molecule has 6 heteroatoms. The van der Waals surface area contributed by atoms with Crippen molar-refractivity contribution in [1.82, 2.24) is 9.97 Å². The molecule has 2 heterocycles. The second kappa shape index (κ2) is 6.94. The fourth-order valence-corrected chi connectivity index (χ4v) is 3.93. The second-order valence-corrected chi connectivity index (χ2v) is 7.49. The Kier molecular flexibility index (Phi) is 4.51. The van der Waals surface area contributed by atoms with E-state index in [2.05, 4.69) is 15.3 Å². The topological polar surface area (TPSA) is 54.9 Å². The van der Waals surface area contributed by atoms with E-state index < -0.39 is 0 Å². The Morgan fingerprint density at radius 1 is 1.12 bits per heavy atom. The van der Waals surface area contributed by atoms with Gasteiger partial charge < -0.3 is 5.32 Å². The van der Waals surface area contributed by atoms with Gasteiger partial charge in [-0.15, -0.1) is 0 Å². The fourth-order valence-electron chi connectivity index (χ4n) is 2.84. The van der Waals surface area contributed by atoms with Crippen LogP contribution in [0.1, 0.15) is 19.3 Å². The molecule has 1 saturated carbocycles. The van der Waals surface area contributed by atoms with Gasteiger partial charge in [-0.1, -0.05) is 47.6 Å². The summed E-state index contributed by atoms with van der Waals surface area (Å²) in [6.45, 7) is 0. The first kappa shape index (κ1) is 16.2. The molecular formula is C19H16ClN3OS. The van der Waals surface area contributed by atoms with Crippen LogP contribution in [0.2, 0.25) is 5.02 Å². The van der Waals surface area contributed by atoms with E-state index in [1.165, 1.54) is 11.3 Å². The van der Waals surface area contributed by atoms with Crippen LogP contribution in [-0.2, 0) is 4.79 Å². The van der Waals surface area contributed by atoms with E-state index in [1.54, 1.807) is 12.4 Å². The molecule has 1 amide bonds. The van der Waals surface area contributed by atoms with E-state index in [4.69, 9.17) is 11.6 Å². The number of benzene rings is 1. The maximum Gasteiger partial charge on any atom is 0.229 e. The van der Waals surface area contributed by atoms with Crippen LogP contribution in [-0.4, -0.2) is 15.9 Å². The lowest BCUT2D eigenvalue weighted by molar-refractivity contribution is -0.122. The number of rotatable bonds is 4. The highest BCUT2D eigenvalue weighted by Crippen LogP contribution is 2.38. The van der Waals surface area contributed by atoms with Crippen LogP contribution < -0.4 is 5.32 Å². The molecule has 0 atom stereocenters. The molecule has 1 N–H and O–H groups in total. The number of amides is 1. The van der Waals surface area contributed by atoms with Crippen molar-refractivity contribution in [3.05, 3.63) is 53.9 Å². The average Bonchev–Trinajstić information content (AvgIpc) is 3.02. The largest absolute Gasteiger partial charge is 0.302 e. The number of hydrogen-bond acceptors (Lipinski definition) is 4. The first-order valence-electron chi connectivity index (χ1n) is 8.18. The van der Waals surface area contributed by atoms with Crippen molar-refractivity contribution < 1.29 is 4.79 Å². The van der Waals surface area contributed by atoms with Crippen LogP contribution in [0.5, 0.6) is 0 Å². The summed E-state index contributed by atoms with van der Waals surface area (Å²) in [6, 6.07) is 9.65. The monoisotopic (exact) mass is 369 g/mol. The van der Waals surface area contributed by atoms with Crippen LogP contribution in [0, 0.1) is 5.92 Å². The van der Waals surface area contributed by atoms with Crippen molar-refractivity contribution in [2.45, 2.75) is 19.3 Å². The Morgan fingerprint density at radius 2 is 1.96 bits per heavy atom. The number of nitrogens with zero attached hydrogens (tertiary/aromatic N) is 2. The average molecular weight is 370 g/mol. The number of carbonyl (C=O) groups is 1. The summed E-state index contributed by atoms with van der Waals surface area (Å²) < 4.78 is 0. The van der Waals surface area contributed by atoms with Gasteiger partial charge in [-0.3, -0.25) is 9.78 Å². The summed E-state index contributed by atoms with van der Waals surface area (Å²) in [4.78, 5) is 21.7. The molecular weight excluding hydrogens is 354 g/mol. The molecule has 1 aromatic carbocycles. The summed E-state index contributed by atoms with van der Waals surface area (Å²) in [7, 11) is 0. The van der Waals surface area contributed by atoms with Gasteiger partial charge in [0.1, 0.15) is 0 Å². The van der Waals surface area contributed by atoms with Gasteiger partial charge in [0.25, 0.3) is 0 Å². The minimum absolute atomic E-state index is 0.0770. The van der Waals surface area contributed by atoms with Gasteiger partial charge in [-0.2, -0.15) is 0 Å². The highest BCUT2D eigenvalue weighted by atomic mass is 35.5. The summed E-state index contributed by atoms with van der Waals surface area (Å²) >= 11 is 7.82. The van der Waals surface area contributed by atoms with E-state index >= 15 is 0 Å². The van der Waals surface area contributed by atoms with Crippen molar-refractivity contribution in [3.63, 3.8) is 0 Å². The highest BCUT2D eigenvalue weighted by molar-refractivity contribution is 7.19. The van der Waals surface area contributed by atoms with Gasteiger partial charge in [0.05, 0.1) is 4.88 Å². The molecule has 3 aromatic rings. The third-order valence-corrected chi connectivity index (χ3v) is 5.74. The van der Waals surface area contributed by atoms with Gasteiger partial charge in [0.15, 0.2) is 5.13 Å². The molecule has 0 bridgehead atoms. The van der Waals surface area contributed by atoms with Gasteiger partial charge in [0.2, 0.25) is 5.91 Å². The molecule has 0 aliphatic heterocycles.